The summed E-state index contributed by atoms with van der Waals surface area (Å²) in [6, 6.07) is 27.1. The molecule has 2 N–H and O–H groups in total. The van der Waals surface area contributed by atoms with Gasteiger partial charge in [-0.05, 0) is 68.3 Å². The van der Waals surface area contributed by atoms with Crippen molar-refractivity contribution in [3.8, 4) is 5.75 Å². The molecule has 0 unspecified atom stereocenters. The number of nitrogens with zero attached hydrogens (tertiary/aromatic N) is 6. The van der Waals surface area contributed by atoms with E-state index in [1.807, 2.05) is 18.7 Å². The van der Waals surface area contributed by atoms with E-state index in [2.05, 4.69) is 10.5 Å². The van der Waals surface area contributed by atoms with Gasteiger partial charge in [-0.25, -0.2) is 27.5 Å². The third-order valence-electron chi connectivity index (χ3n) is 14.6. The summed E-state index contributed by atoms with van der Waals surface area (Å²) in [7, 11) is -2.72. The van der Waals surface area contributed by atoms with Gasteiger partial charge in [-0.15, -0.1) is 0 Å². The number of nitrogens with one attached hydrogen (secondary N) is 1. The number of rotatable bonds is 21. The molecule has 0 saturated carbocycles. The molecule has 2 bridgehead atoms. The van der Waals surface area contributed by atoms with Gasteiger partial charge in [-0.3, -0.25) is 33.1 Å². The third kappa shape index (κ3) is 15.0. The predicted octanol–water partition coefficient (Wildman–Crippen LogP) is 8.29. The maximum absolute atomic E-state index is 14.9. The number of halogens is 2. The molecule has 1 aromatic heterocycles. The molecule has 4 atom stereocenters. The number of oxime groups is 1. The van der Waals surface area contributed by atoms with Crippen LogP contribution < -0.4 is 15.5 Å². The lowest BCUT2D eigenvalue weighted by Gasteiger charge is -2.44. The first-order valence-electron chi connectivity index (χ1n) is 26.2. The van der Waals surface area contributed by atoms with Crippen LogP contribution in [0.2, 0.25) is 0 Å². The van der Waals surface area contributed by atoms with Crippen molar-refractivity contribution in [3.63, 3.8) is 0 Å². The Bertz CT molecular complexity index is 3170. The number of carbonyl (C=O) groups is 5. The molecule has 8 rings (SSSR count). The van der Waals surface area contributed by atoms with Gasteiger partial charge in [0.2, 0.25) is 18.0 Å². The second-order valence-electron chi connectivity index (χ2n) is 20.5. The molecule has 0 aliphatic carbocycles. The van der Waals surface area contributed by atoms with Crippen molar-refractivity contribution in [1.82, 2.24) is 29.5 Å². The zero-order valence-electron chi connectivity index (χ0n) is 45.2. The summed E-state index contributed by atoms with van der Waals surface area (Å²) in [5.41, 5.74) is -0.618. The van der Waals surface area contributed by atoms with Crippen LogP contribution in [-0.2, 0) is 58.8 Å². The van der Waals surface area contributed by atoms with Gasteiger partial charge in [0.05, 0.1) is 31.0 Å². The SMILES string of the molecule is C/C(C[C@@]1(C)CC[C@H](C)N2C[C@H]1n1cc(C(=O)NCc3ccc(F)cc3F)c(=O)c(OC(=O)N3CCN(C)C[C@H]3CN(CC(=O)OCc3ccccc3)C(=O)OCOP(=O)(OCc3ccccc3)OCc3ccccc3)c1C2=O)=N/O. The molecule has 3 aliphatic heterocycles. The monoisotopic (exact) mass is 1140 g/mol. The Kier molecular flexibility index (Phi) is 19.5. The van der Waals surface area contributed by atoms with Gasteiger partial charge >= 0.3 is 26.0 Å². The lowest BCUT2D eigenvalue weighted by atomic mass is 9.74. The van der Waals surface area contributed by atoms with Crippen LogP contribution in [0.1, 0.15) is 89.2 Å². The molecule has 4 amide bonds. The fraction of sp³-hybridized carbons (Fsp3) is 0.386. The fourth-order valence-corrected chi connectivity index (χ4v) is 11.1. The summed E-state index contributed by atoms with van der Waals surface area (Å²) in [5, 5.41) is 15.7. The number of phosphoric acid groups is 1. The van der Waals surface area contributed by atoms with Crippen LogP contribution in [0.3, 0.4) is 0 Å². The summed E-state index contributed by atoms with van der Waals surface area (Å²) < 4.78 is 78.2. The Balaban J connectivity index is 1.09. The average molecular weight is 1140 g/mol. The minimum atomic E-state index is -4.47. The second-order valence-corrected chi connectivity index (χ2v) is 22.2. The van der Waals surface area contributed by atoms with Crippen molar-refractivity contribution in [3.05, 3.63) is 171 Å². The van der Waals surface area contributed by atoms with Gasteiger partial charge in [0.25, 0.3) is 11.8 Å². The van der Waals surface area contributed by atoms with Crippen molar-refractivity contribution < 1.29 is 70.3 Å². The van der Waals surface area contributed by atoms with Crippen molar-refractivity contribution in [2.45, 2.75) is 84.5 Å². The second kappa shape index (κ2) is 26.6. The summed E-state index contributed by atoms with van der Waals surface area (Å²) in [5.74, 6) is -5.15. The number of amides is 4. The zero-order valence-corrected chi connectivity index (χ0v) is 46.1. The highest BCUT2D eigenvalue weighted by Gasteiger charge is 2.49. The van der Waals surface area contributed by atoms with E-state index in [4.69, 9.17) is 27.8 Å². The first-order valence-corrected chi connectivity index (χ1v) is 27.7. The van der Waals surface area contributed by atoms with E-state index in [-0.39, 0.29) is 69.7 Å². The van der Waals surface area contributed by atoms with Gasteiger partial charge in [0, 0.05) is 63.1 Å². The fourth-order valence-electron chi connectivity index (χ4n) is 10.1. The highest BCUT2D eigenvalue weighted by atomic mass is 31.2. The zero-order chi connectivity index (χ0) is 57.8. The Morgan fingerprint density at radius 3 is 2.10 bits per heavy atom. The highest BCUT2D eigenvalue weighted by molar-refractivity contribution is 7.48. The number of esters is 1. The van der Waals surface area contributed by atoms with Crippen LogP contribution in [0.25, 0.3) is 0 Å². The number of aromatic nitrogens is 1. The number of fused-ring (bicyclic) bond motifs is 4. The van der Waals surface area contributed by atoms with Crippen LogP contribution in [0.15, 0.2) is 125 Å². The van der Waals surface area contributed by atoms with E-state index < -0.39 is 110 Å². The molecular weight excluding hydrogens is 1080 g/mol. The molecule has 4 heterocycles. The number of carbonyl (C=O) groups excluding carboxylic acids is 5. The number of hydrogen-bond donors (Lipinski definition) is 2. The molecule has 2 saturated heterocycles. The van der Waals surface area contributed by atoms with E-state index in [9.17, 15) is 47.3 Å². The van der Waals surface area contributed by atoms with E-state index in [1.54, 1.807) is 110 Å². The lowest BCUT2D eigenvalue weighted by Crippen LogP contribution is -2.59. The largest absolute Gasteiger partial charge is 0.478 e. The standard InChI is InChI=1S/C57H64F2N7O14P/c1-38(61-73)27-57(3)23-22-39(2)65-32-48(57)66-31-46(53(69)60-28-43-20-21-44(58)26-47(43)59)51(68)52(50(66)54(65)70)80-56(72)64-25-24-62(4)29-45(64)30-63(33-49(67)75-34-40-14-8-5-9-15-40)55(71)76-37-79-81(74,77-35-41-16-10-6-11-17-41)78-36-42-18-12-7-13-19-42/h5-21,26,31,39,45,48,73H,22-25,27-30,32-37H2,1-4H3,(H,60,69)/b61-38-/t39-,45-,48+,57+/m0/s1. The summed E-state index contributed by atoms with van der Waals surface area (Å²) in [6.07, 6.45) is 0.101. The molecule has 0 spiro atoms. The van der Waals surface area contributed by atoms with Crippen molar-refractivity contribution in [2.24, 2.45) is 10.6 Å². The quantitative estimate of drug-likeness (QED) is 0.0176. The van der Waals surface area contributed by atoms with Gasteiger partial charge in [-0.2, -0.15) is 0 Å². The van der Waals surface area contributed by atoms with Crippen LogP contribution in [-0.4, -0.2) is 130 Å². The van der Waals surface area contributed by atoms with Gasteiger partial charge < -0.3 is 44.0 Å². The highest BCUT2D eigenvalue weighted by Crippen LogP contribution is 2.51. The first kappa shape index (κ1) is 59.3. The number of benzene rings is 4. The summed E-state index contributed by atoms with van der Waals surface area (Å²) >= 11 is 0. The van der Waals surface area contributed by atoms with Gasteiger partial charge in [0.1, 0.15) is 30.3 Å². The topological polar surface area (TPSA) is 237 Å². The number of likely N-dealkylation sites (N-methyl/N-ethyl adjacent to an activating group) is 1. The minimum absolute atomic E-state index is 0.0557. The van der Waals surface area contributed by atoms with Gasteiger partial charge in [0.15, 0.2) is 5.69 Å². The van der Waals surface area contributed by atoms with E-state index in [0.29, 0.717) is 41.3 Å². The van der Waals surface area contributed by atoms with E-state index >= 15 is 0 Å². The molecule has 24 heteroatoms. The molecule has 81 heavy (non-hydrogen) atoms. The molecule has 2 fully saturated rings. The number of ether oxygens (including phenoxy) is 3. The Morgan fingerprint density at radius 1 is 0.852 bits per heavy atom. The molecule has 0 radical (unpaired) electrons. The van der Waals surface area contributed by atoms with Crippen LogP contribution in [0.5, 0.6) is 5.75 Å². The average Bonchev–Trinajstić information content (AvgIpc) is 3.62. The number of pyridine rings is 1. The third-order valence-corrected chi connectivity index (χ3v) is 15.9. The van der Waals surface area contributed by atoms with Crippen molar-refractivity contribution in [2.75, 3.05) is 53.1 Å². The molecule has 5 aromatic rings. The number of phosphoric ester groups is 1. The lowest BCUT2D eigenvalue weighted by molar-refractivity contribution is -0.146. The Morgan fingerprint density at radius 2 is 1.48 bits per heavy atom. The van der Waals surface area contributed by atoms with E-state index in [0.717, 1.165) is 17.0 Å². The van der Waals surface area contributed by atoms with Crippen LogP contribution in [0.4, 0.5) is 18.4 Å². The van der Waals surface area contributed by atoms with Crippen molar-refractivity contribution in [1.29, 1.82) is 0 Å². The van der Waals surface area contributed by atoms with E-state index in [1.165, 1.54) is 15.7 Å². The molecular formula is C57H64F2N7O14P. The maximum Gasteiger partial charge on any atom is 0.478 e. The summed E-state index contributed by atoms with van der Waals surface area (Å²) in [4.78, 5) is 92.1. The number of hydrogen-bond acceptors (Lipinski definition) is 16. The molecule has 4 aromatic carbocycles. The van der Waals surface area contributed by atoms with Crippen LogP contribution >= 0.6 is 7.82 Å². The molecule has 3 aliphatic rings. The van der Waals surface area contributed by atoms with Crippen molar-refractivity contribution >= 4 is 43.5 Å². The minimum Gasteiger partial charge on any atom is -0.459 e. The summed E-state index contributed by atoms with van der Waals surface area (Å²) in [6.45, 7) is 2.58. The molecule has 430 valence electrons. The smallest absolute Gasteiger partial charge is 0.459 e. The Labute approximate surface area is 466 Å². The van der Waals surface area contributed by atoms with Gasteiger partial charge in [-0.1, -0.05) is 109 Å². The maximum atomic E-state index is 14.9. The first-order chi connectivity index (χ1) is 38.8. The Hall–Kier alpha value is -7.82. The normalized spacial score (nSPS) is 19.3. The van der Waals surface area contributed by atoms with Crippen LogP contribution in [0, 0.1) is 17.0 Å². The molecule has 21 nitrogen and oxygen atoms in total. The predicted molar refractivity (Wildman–Crippen MR) is 289 cm³/mol. The number of piperazine rings is 1.